The number of carboxylic acids is 1. The number of aryl methyl sites for hydroxylation is 1. The van der Waals surface area contributed by atoms with Gasteiger partial charge in [-0.25, -0.2) is 4.79 Å². The number of nitro benzene ring substituents is 1. The Hall–Kier alpha value is -4.63. The van der Waals surface area contributed by atoms with Gasteiger partial charge in [0, 0.05) is 36.5 Å². The smallest absolute Gasteiger partial charge is 0.326 e. The zero-order chi connectivity index (χ0) is 30.1. The van der Waals surface area contributed by atoms with Crippen LogP contribution in [-0.2, 0) is 17.9 Å². The molecule has 216 valence electrons. The molecule has 4 aromatic rings. The minimum absolute atomic E-state index is 0.0211. The third kappa shape index (κ3) is 7.76. The molecule has 0 saturated carbocycles. The van der Waals surface area contributed by atoms with Crippen LogP contribution in [0.4, 0.5) is 11.4 Å². The van der Waals surface area contributed by atoms with Crippen molar-refractivity contribution in [3.8, 4) is 11.1 Å². The SMILES string of the molecule is CSCC[C@H](NC(=O)c1ccc(CN(Cc2ccccc2)c2ccc([N+](=O)[O-])cc2)cc1-c1ccccc1C)C(=O)O. The number of carbonyl (C=O) groups is 2. The van der Waals surface area contributed by atoms with Crippen molar-refractivity contribution in [3.63, 3.8) is 0 Å². The average Bonchev–Trinajstić information content (AvgIpc) is 2.99. The lowest BCUT2D eigenvalue weighted by molar-refractivity contribution is -0.384. The Morgan fingerprint density at radius 1 is 0.905 bits per heavy atom. The van der Waals surface area contributed by atoms with E-state index in [4.69, 9.17) is 0 Å². The third-order valence-corrected chi connectivity index (χ3v) is 7.64. The minimum atomic E-state index is -1.06. The number of carbonyl (C=O) groups excluding carboxylic acids is 1. The number of nitro groups is 1. The Bertz CT molecular complexity index is 1540. The molecule has 0 saturated heterocycles. The van der Waals surface area contributed by atoms with E-state index in [1.807, 2.05) is 79.9 Å². The van der Waals surface area contributed by atoms with Crippen LogP contribution in [0.5, 0.6) is 0 Å². The van der Waals surface area contributed by atoms with Gasteiger partial charge in [0.1, 0.15) is 6.04 Å². The number of nitrogens with one attached hydrogen (secondary N) is 1. The number of hydrogen-bond donors (Lipinski definition) is 2. The topological polar surface area (TPSA) is 113 Å². The van der Waals surface area contributed by atoms with Crippen LogP contribution >= 0.6 is 11.8 Å². The zero-order valence-corrected chi connectivity index (χ0v) is 24.3. The van der Waals surface area contributed by atoms with E-state index in [9.17, 15) is 24.8 Å². The fourth-order valence-corrected chi connectivity index (χ4v) is 5.23. The molecule has 0 aliphatic heterocycles. The summed E-state index contributed by atoms with van der Waals surface area (Å²) < 4.78 is 0. The van der Waals surface area contributed by atoms with Gasteiger partial charge in [0.25, 0.3) is 11.6 Å². The molecular weight excluding hydrogens is 550 g/mol. The third-order valence-electron chi connectivity index (χ3n) is 6.99. The van der Waals surface area contributed by atoms with Gasteiger partial charge < -0.3 is 15.3 Å². The molecule has 1 atom stereocenters. The first-order valence-electron chi connectivity index (χ1n) is 13.5. The molecule has 0 unspecified atom stereocenters. The summed E-state index contributed by atoms with van der Waals surface area (Å²) in [4.78, 5) is 38.2. The molecule has 0 aliphatic carbocycles. The average molecular weight is 584 g/mol. The molecule has 8 nitrogen and oxygen atoms in total. The number of anilines is 1. The van der Waals surface area contributed by atoms with E-state index in [2.05, 4.69) is 10.2 Å². The van der Waals surface area contributed by atoms with Crippen LogP contribution in [0.25, 0.3) is 11.1 Å². The summed E-state index contributed by atoms with van der Waals surface area (Å²) in [5, 5.41) is 23.6. The van der Waals surface area contributed by atoms with Crippen LogP contribution in [0.2, 0.25) is 0 Å². The summed E-state index contributed by atoms with van der Waals surface area (Å²) in [5.41, 5.74) is 5.82. The minimum Gasteiger partial charge on any atom is -0.480 e. The number of nitrogens with zero attached hydrogens (tertiary/aromatic N) is 2. The molecule has 2 N–H and O–H groups in total. The molecule has 0 fully saturated rings. The normalized spacial score (nSPS) is 11.5. The number of amides is 1. The van der Waals surface area contributed by atoms with Crippen molar-refractivity contribution in [2.75, 3.05) is 16.9 Å². The predicted octanol–water partition coefficient (Wildman–Crippen LogP) is 6.71. The highest BCUT2D eigenvalue weighted by Gasteiger charge is 2.23. The molecule has 0 aliphatic rings. The van der Waals surface area contributed by atoms with E-state index in [0.29, 0.717) is 36.4 Å². The number of aliphatic carboxylic acids is 1. The van der Waals surface area contributed by atoms with Crippen LogP contribution < -0.4 is 10.2 Å². The fourth-order valence-electron chi connectivity index (χ4n) is 4.76. The molecule has 0 spiro atoms. The van der Waals surface area contributed by atoms with Gasteiger partial charge in [-0.15, -0.1) is 0 Å². The predicted molar refractivity (Wildman–Crippen MR) is 168 cm³/mol. The monoisotopic (exact) mass is 583 g/mol. The van der Waals surface area contributed by atoms with Crippen molar-refractivity contribution in [3.05, 3.63) is 129 Å². The van der Waals surface area contributed by atoms with Crippen molar-refractivity contribution in [2.24, 2.45) is 0 Å². The van der Waals surface area contributed by atoms with Gasteiger partial charge in [-0.2, -0.15) is 11.8 Å². The maximum absolute atomic E-state index is 13.5. The molecule has 4 rings (SSSR count). The lowest BCUT2D eigenvalue weighted by atomic mass is 9.93. The van der Waals surface area contributed by atoms with Crippen LogP contribution in [-0.4, -0.2) is 40.0 Å². The first-order chi connectivity index (χ1) is 20.3. The van der Waals surface area contributed by atoms with Gasteiger partial charge in [0.05, 0.1) is 4.92 Å². The van der Waals surface area contributed by atoms with E-state index in [1.165, 1.54) is 23.9 Å². The molecule has 1 amide bonds. The largest absolute Gasteiger partial charge is 0.480 e. The first-order valence-corrected chi connectivity index (χ1v) is 14.9. The summed E-state index contributed by atoms with van der Waals surface area (Å²) in [7, 11) is 0. The van der Waals surface area contributed by atoms with Crippen molar-refractivity contribution < 1.29 is 19.6 Å². The van der Waals surface area contributed by atoms with E-state index in [1.54, 1.807) is 18.2 Å². The number of rotatable bonds is 13. The standard InChI is InChI=1S/C33H33N3O5S/c1-23-8-6-7-11-28(23)30-20-25(12-17-29(30)32(37)34-31(33(38)39)18-19-42-2)22-35(21-24-9-4-3-5-10-24)26-13-15-27(16-14-26)36(40)41/h3-17,20,31H,18-19,21-22H2,1-2H3,(H,34,37)(H,38,39)/t31-/m0/s1. The lowest BCUT2D eigenvalue weighted by Crippen LogP contribution is -2.41. The molecule has 0 heterocycles. The Kier molecular flexibility index (Phi) is 10.3. The lowest BCUT2D eigenvalue weighted by Gasteiger charge is -2.26. The summed E-state index contributed by atoms with van der Waals surface area (Å²) in [6.07, 6.45) is 2.22. The summed E-state index contributed by atoms with van der Waals surface area (Å²) in [6.45, 7) is 3.01. The van der Waals surface area contributed by atoms with Gasteiger partial charge in [-0.05, 0) is 77.4 Å². The highest BCUT2D eigenvalue weighted by atomic mass is 32.2. The maximum atomic E-state index is 13.5. The van der Waals surface area contributed by atoms with E-state index in [0.717, 1.165) is 27.9 Å². The van der Waals surface area contributed by atoms with Gasteiger partial charge >= 0.3 is 5.97 Å². The molecule has 9 heteroatoms. The maximum Gasteiger partial charge on any atom is 0.326 e. The number of thioether (sulfide) groups is 1. The van der Waals surface area contributed by atoms with Crippen LogP contribution in [0.15, 0.2) is 97.1 Å². The Morgan fingerprint density at radius 3 is 2.21 bits per heavy atom. The number of benzene rings is 4. The number of carboxylic acid groups (broad SMARTS) is 1. The van der Waals surface area contributed by atoms with Crippen molar-refractivity contribution in [2.45, 2.75) is 32.5 Å². The van der Waals surface area contributed by atoms with E-state index < -0.39 is 22.8 Å². The zero-order valence-electron chi connectivity index (χ0n) is 23.5. The van der Waals surface area contributed by atoms with Crippen LogP contribution in [0.3, 0.4) is 0 Å². The molecule has 0 aromatic heterocycles. The van der Waals surface area contributed by atoms with Crippen molar-refractivity contribution in [1.82, 2.24) is 5.32 Å². The van der Waals surface area contributed by atoms with Crippen LogP contribution in [0, 0.1) is 17.0 Å². The van der Waals surface area contributed by atoms with Crippen molar-refractivity contribution >= 4 is 35.0 Å². The highest BCUT2D eigenvalue weighted by molar-refractivity contribution is 7.98. The molecule has 42 heavy (non-hydrogen) atoms. The second-order valence-corrected chi connectivity index (χ2v) is 10.9. The summed E-state index contributed by atoms with van der Waals surface area (Å²) in [6, 6.07) is 28.8. The number of non-ortho nitro benzene ring substituents is 1. The molecular formula is C33H33N3O5S. The highest BCUT2D eigenvalue weighted by Crippen LogP contribution is 2.30. The fraction of sp³-hybridized carbons (Fsp3) is 0.212. The second-order valence-electron chi connectivity index (χ2n) is 9.96. The van der Waals surface area contributed by atoms with Gasteiger partial charge in [0.15, 0.2) is 0 Å². The van der Waals surface area contributed by atoms with E-state index >= 15 is 0 Å². The Morgan fingerprint density at radius 2 is 1.57 bits per heavy atom. The van der Waals surface area contributed by atoms with Gasteiger partial charge in [-0.3, -0.25) is 14.9 Å². The molecule has 0 radical (unpaired) electrons. The van der Waals surface area contributed by atoms with Gasteiger partial charge in [0.2, 0.25) is 0 Å². The first kappa shape index (κ1) is 30.3. The summed E-state index contributed by atoms with van der Waals surface area (Å²) >= 11 is 1.53. The quantitative estimate of drug-likeness (QED) is 0.133. The molecule has 4 aromatic carbocycles. The number of hydrogen-bond acceptors (Lipinski definition) is 6. The Balaban J connectivity index is 1.72. The second kappa shape index (κ2) is 14.3. The van der Waals surface area contributed by atoms with Crippen LogP contribution in [0.1, 0.15) is 33.5 Å². The summed E-state index contributed by atoms with van der Waals surface area (Å²) in [5.74, 6) is -0.892. The molecule has 0 bridgehead atoms. The van der Waals surface area contributed by atoms with E-state index in [-0.39, 0.29) is 5.69 Å². The van der Waals surface area contributed by atoms with Crippen molar-refractivity contribution in [1.29, 1.82) is 0 Å². The van der Waals surface area contributed by atoms with Gasteiger partial charge in [-0.1, -0.05) is 60.7 Å². The Labute approximate surface area is 249 Å².